The van der Waals surface area contributed by atoms with Gasteiger partial charge in [-0.2, -0.15) is 0 Å². The van der Waals surface area contributed by atoms with Gasteiger partial charge in [0.2, 0.25) is 0 Å². The molecule has 0 bridgehead atoms. The lowest BCUT2D eigenvalue weighted by Gasteiger charge is -2.18. The van der Waals surface area contributed by atoms with Crippen molar-refractivity contribution in [3.05, 3.63) is 0 Å². The standard InChI is InChI=1S/C62H122O30/c1-5-60(62(64)92-57-55-90-53-51-88-49-47-86-45-43-84-41-39-82-37-35-80-33-31-78-29-27-76-25-23-74-21-19-72-17-15-70-13-11-68-9-7-66-4)58-59(2)61(63)91-56-54-89-52-50-87-48-46-85-44-42-83-40-38-81-36-34-79-32-30-77-28-26-75-24-22-73-20-18-71-16-14-69-12-10-67-8-6-65-3/h59-60H,5-58H2,1-4H3. The highest BCUT2D eigenvalue weighted by atomic mass is 16.6. The Labute approximate surface area is 549 Å². The molecule has 0 fully saturated rings. The molecule has 0 aliphatic rings. The molecule has 92 heavy (non-hydrogen) atoms. The van der Waals surface area contributed by atoms with Crippen LogP contribution in [0.25, 0.3) is 0 Å². The second-order valence-electron chi connectivity index (χ2n) is 19.3. The molecule has 0 aromatic rings. The number of carbonyl (C=O) groups excluding carboxylic acids is 2. The molecule has 0 radical (unpaired) electrons. The smallest absolute Gasteiger partial charge is 0.309 e. The summed E-state index contributed by atoms with van der Waals surface area (Å²) in [4.78, 5) is 25.3. The van der Waals surface area contributed by atoms with Crippen molar-refractivity contribution in [3.63, 3.8) is 0 Å². The lowest BCUT2D eigenvalue weighted by molar-refractivity contribution is -0.154. The third-order valence-corrected chi connectivity index (χ3v) is 11.9. The molecule has 0 saturated carbocycles. The Morgan fingerprint density at radius 3 is 0.478 bits per heavy atom. The Hall–Kier alpha value is -2.10. The van der Waals surface area contributed by atoms with Crippen molar-refractivity contribution in [1.82, 2.24) is 0 Å². The van der Waals surface area contributed by atoms with E-state index in [0.717, 1.165) is 0 Å². The van der Waals surface area contributed by atoms with Crippen LogP contribution < -0.4 is 0 Å². The number of methoxy groups -OCH3 is 2. The highest BCUT2D eigenvalue weighted by Gasteiger charge is 2.25. The van der Waals surface area contributed by atoms with Crippen molar-refractivity contribution in [2.45, 2.75) is 26.7 Å². The first-order chi connectivity index (χ1) is 45.6. The second kappa shape index (κ2) is 81.3. The molecule has 0 aromatic heterocycles. The summed E-state index contributed by atoms with van der Waals surface area (Å²) in [5, 5.41) is 0. The van der Waals surface area contributed by atoms with E-state index >= 15 is 0 Å². The van der Waals surface area contributed by atoms with E-state index in [2.05, 4.69) is 0 Å². The normalized spacial score (nSPS) is 12.3. The first kappa shape index (κ1) is 89.9. The molecule has 0 heterocycles. The molecule has 0 amide bonds. The third kappa shape index (κ3) is 75.3. The van der Waals surface area contributed by atoms with Gasteiger partial charge in [-0.05, 0) is 12.8 Å². The first-order valence-electron chi connectivity index (χ1n) is 32.7. The van der Waals surface area contributed by atoms with E-state index < -0.39 is 17.8 Å². The van der Waals surface area contributed by atoms with Crippen LogP contribution in [0.3, 0.4) is 0 Å². The Balaban J connectivity index is 3.37. The molecule has 30 heteroatoms. The predicted molar refractivity (Wildman–Crippen MR) is 333 cm³/mol. The summed E-state index contributed by atoms with van der Waals surface area (Å²) in [5.74, 6) is -1.69. The summed E-state index contributed by atoms with van der Waals surface area (Å²) in [6, 6.07) is 0. The average Bonchev–Trinajstić information content (AvgIpc) is 2.78. The van der Waals surface area contributed by atoms with Gasteiger partial charge >= 0.3 is 11.9 Å². The zero-order chi connectivity index (χ0) is 66.3. The van der Waals surface area contributed by atoms with Crippen LogP contribution in [0.4, 0.5) is 0 Å². The average molecular weight is 1350 g/mol. The van der Waals surface area contributed by atoms with Gasteiger partial charge in [0.05, 0.1) is 342 Å². The van der Waals surface area contributed by atoms with E-state index in [1.165, 1.54) is 0 Å². The maximum absolute atomic E-state index is 12.7. The molecular weight excluding hydrogens is 1220 g/mol. The van der Waals surface area contributed by atoms with Gasteiger partial charge < -0.3 is 133 Å². The molecule has 2 unspecified atom stereocenters. The van der Waals surface area contributed by atoms with Crippen molar-refractivity contribution < 1.29 is 142 Å². The summed E-state index contributed by atoms with van der Waals surface area (Å²) < 4.78 is 152. The van der Waals surface area contributed by atoms with Crippen LogP contribution in [0.5, 0.6) is 0 Å². The van der Waals surface area contributed by atoms with E-state index in [-0.39, 0.29) is 32.4 Å². The van der Waals surface area contributed by atoms with E-state index in [0.29, 0.717) is 330 Å². The second-order valence-corrected chi connectivity index (χ2v) is 19.3. The van der Waals surface area contributed by atoms with Crippen molar-refractivity contribution >= 4 is 11.9 Å². The number of hydrogen-bond acceptors (Lipinski definition) is 30. The molecule has 0 rings (SSSR count). The molecule has 0 aromatic carbocycles. The molecule has 0 aliphatic carbocycles. The number of carbonyl (C=O) groups is 2. The molecule has 0 aliphatic heterocycles. The maximum atomic E-state index is 12.7. The van der Waals surface area contributed by atoms with Crippen LogP contribution in [0.2, 0.25) is 0 Å². The summed E-state index contributed by atoms with van der Waals surface area (Å²) >= 11 is 0. The molecule has 0 saturated heterocycles. The van der Waals surface area contributed by atoms with Gasteiger partial charge in [-0.1, -0.05) is 13.8 Å². The van der Waals surface area contributed by atoms with E-state index in [4.69, 9.17) is 133 Å². The molecule has 0 spiro atoms. The Kier molecular flexibility index (Phi) is 79.5. The minimum absolute atomic E-state index is 0.0989. The summed E-state index contributed by atoms with van der Waals surface area (Å²) in [7, 11) is 3.28. The fourth-order valence-corrected chi connectivity index (χ4v) is 6.94. The number of hydrogen-bond donors (Lipinski definition) is 0. The predicted octanol–water partition coefficient (Wildman–Crippen LogP) is 1.82. The highest BCUT2D eigenvalue weighted by molar-refractivity contribution is 5.75. The maximum Gasteiger partial charge on any atom is 0.309 e. The summed E-state index contributed by atoms with van der Waals surface area (Å²) in [6.45, 7) is 27.2. The molecule has 550 valence electrons. The summed E-state index contributed by atoms with van der Waals surface area (Å²) in [5.41, 5.74) is 0. The van der Waals surface area contributed by atoms with E-state index in [1.54, 1.807) is 21.1 Å². The molecule has 2 atom stereocenters. The Morgan fingerprint density at radius 2 is 0.337 bits per heavy atom. The van der Waals surface area contributed by atoms with Gasteiger partial charge in [-0.25, -0.2) is 0 Å². The van der Waals surface area contributed by atoms with Gasteiger partial charge in [0, 0.05) is 14.2 Å². The van der Waals surface area contributed by atoms with Crippen molar-refractivity contribution in [2.24, 2.45) is 11.8 Å². The van der Waals surface area contributed by atoms with Gasteiger partial charge in [0.15, 0.2) is 0 Å². The number of ether oxygens (including phenoxy) is 28. The quantitative estimate of drug-likeness (QED) is 0.0620. The zero-order valence-corrected chi connectivity index (χ0v) is 56.6. The van der Waals surface area contributed by atoms with Gasteiger partial charge in [-0.3, -0.25) is 9.59 Å². The lowest BCUT2D eigenvalue weighted by Crippen LogP contribution is -2.26. The third-order valence-electron chi connectivity index (χ3n) is 11.9. The molecule has 30 nitrogen and oxygen atoms in total. The zero-order valence-electron chi connectivity index (χ0n) is 56.6. The van der Waals surface area contributed by atoms with Crippen LogP contribution in [-0.2, 0) is 142 Å². The van der Waals surface area contributed by atoms with Gasteiger partial charge in [-0.15, -0.1) is 0 Å². The minimum Gasteiger partial charge on any atom is -0.463 e. The fraction of sp³-hybridized carbons (Fsp3) is 0.968. The topological polar surface area (TPSA) is 293 Å². The van der Waals surface area contributed by atoms with Crippen LogP contribution >= 0.6 is 0 Å². The van der Waals surface area contributed by atoms with Gasteiger partial charge in [0.25, 0.3) is 0 Å². The molecular formula is C62H122O30. The Morgan fingerprint density at radius 1 is 0.207 bits per heavy atom. The van der Waals surface area contributed by atoms with Crippen LogP contribution in [0, 0.1) is 11.8 Å². The van der Waals surface area contributed by atoms with Crippen LogP contribution in [0.15, 0.2) is 0 Å². The first-order valence-corrected chi connectivity index (χ1v) is 32.7. The Bertz CT molecular complexity index is 1400. The largest absolute Gasteiger partial charge is 0.463 e. The monoisotopic (exact) mass is 1350 g/mol. The van der Waals surface area contributed by atoms with Gasteiger partial charge in [0.1, 0.15) is 13.2 Å². The summed E-state index contributed by atoms with van der Waals surface area (Å²) in [6.07, 6.45) is 0.842. The lowest BCUT2D eigenvalue weighted by atomic mass is 9.94. The van der Waals surface area contributed by atoms with E-state index in [9.17, 15) is 9.59 Å². The fourth-order valence-electron chi connectivity index (χ4n) is 6.94. The number of esters is 2. The SMILES string of the molecule is CCC(CC(C)C(=O)OCCOCCOCCOCCOCCOCCOCCOCCOCCOCCOCCOCCOCCOC)C(=O)OCCOCCOCCOCCOCCOCCOCCOCCOCCOCCOCCOCCOCCOC. The van der Waals surface area contributed by atoms with Crippen molar-refractivity contribution in [2.75, 3.05) is 358 Å². The van der Waals surface area contributed by atoms with Crippen LogP contribution in [0.1, 0.15) is 26.7 Å². The number of rotatable bonds is 83. The minimum atomic E-state index is -0.485. The van der Waals surface area contributed by atoms with Crippen molar-refractivity contribution in [1.29, 1.82) is 0 Å². The van der Waals surface area contributed by atoms with E-state index in [1.807, 2.05) is 6.92 Å². The molecule has 0 N–H and O–H groups in total. The highest BCUT2D eigenvalue weighted by Crippen LogP contribution is 2.18. The van der Waals surface area contributed by atoms with Crippen molar-refractivity contribution in [3.8, 4) is 0 Å². The van der Waals surface area contributed by atoms with Crippen LogP contribution in [-0.4, -0.2) is 370 Å².